The number of hydrogen-bond donors (Lipinski definition) is 2. The highest BCUT2D eigenvalue weighted by atomic mass is 32.1. The highest BCUT2D eigenvalue weighted by Gasteiger charge is 2.27. The van der Waals surface area contributed by atoms with E-state index < -0.39 is 0 Å². The lowest BCUT2D eigenvalue weighted by molar-refractivity contribution is -0.126. The summed E-state index contributed by atoms with van der Waals surface area (Å²) in [5.74, 6) is 1.07. The molecule has 1 aliphatic rings. The molecule has 2 aromatic heterocycles. The molecule has 0 saturated heterocycles. The minimum Gasteiger partial charge on any atom is -0.356 e. The van der Waals surface area contributed by atoms with Crippen molar-refractivity contribution < 1.29 is 4.79 Å². The molecular weight excluding hydrogens is 386 g/mol. The second kappa shape index (κ2) is 10.2. The predicted octanol–water partition coefficient (Wildman–Crippen LogP) is 3.89. The Kier molecular flexibility index (Phi) is 7.70. The predicted molar refractivity (Wildman–Crippen MR) is 118 cm³/mol. The number of unbranched alkanes of at least 4 members (excludes halogenated alkanes) is 1. The molecule has 1 fully saturated rings. The van der Waals surface area contributed by atoms with Crippen LogP contribution in [0.1, 0.15) is 65.2 Å². The second-order valence-corrected chi connectivity index (χ2v) is 9.30. The van der Waals surface area contributed by atoms with Gasteiger partial charge in [0.1, 0.15) is 4.70 Å². The summed E-state index contributed by atoms with van der Waals surface area (Å²) < 4.78 is 1.94. The van der Waals surface area contributed by atoms with E-state index in [0.29, 0.717) is 22.7 Å². The SMILES string of the molecule is CCCC[C@@H](CC)CNC(=O)C1CCC(Cn2c(=O)[nH]c3ccsc3c2=O)CC1. The molecule has 0 unspecified atom stereocenters. The molecule has 0 bridgehead atoms. The highest BCUT2D eigenvalue weighted by Crippen LogP contribution is 2.30. The van der Waals surface area contributed by atoms with E-state index in [9.17, 15) is 14.4 Å². The molecule has 1 saturated carbocycles. The molecule has 2 heterocycles. The summed E-state index contributed by atoms with van der Waals surface area (Å²) in [7, 11) is 0. The van der Waals surface area contributed by atoms with Crippen LogP contribution >= 0.6 is 11.3 Å². The maximum Gasteiger partial charge on any atom is 0.328 e. The number of aromatic nitrogens is 2. The van der Waals surface area contributed by atoms with Gasteiger partial charge in [0.2, 0.25) is 5.91 Å². The Bertz CT molecular complexity index is 921. The first-order valence-electron chi connectivity index (χ1n) is 11.0. The van der Waals surface area contributed by atoms with E-state index in [1.54, 1.807) is 6.07 Å². The van der Waals surface area contributed by atoms with Gasteiger partial charge < -0.3 is 10.3 Å². The summed E-state index contributed by atoms with van der Waals surface area (Å²) in [5, 5.41) is 4.99. The molecule has 2 aromatic rings. The zero-order chi connectivity index (χ0) is 20.8. The fourth-order valence-electron chi connectivity index (χ4n) is 4.33. The third kappa shape index (κ3) is 5.38. The molecule has 160 valence electrons. The largest absolute Gasteiger partial charge is 0.356 e. The summed E-state index contributed by atoms with van der Waals surface area (Å²) in [6.45, 7) is 5.60. The number of aromatic amines is 1. The van der Waals surface area contributed by atoms with Crippen LogP contribution in [0, 0.1) is 17.8 Å². The fraction of sp³-hybridized carbons (Fsp3) is 0.682. The van der Waals surface area contributed by atoms with Crippen LogP contribution in [0.25, 0.3) is 10.2 Å². The van der Waals surface area contributed by atoms with Gasteiger partial charge in [0, 0.05) is 19.0 Å². The van der Waals surface area contributed by atoms with E-state index >= 15 is 0 Å². The average molecular weight is 420 g/mol. The number of carbonyl (C=O) groups excluding carboxylic acids is 1. The molecule has 29 heavy (non-hydrogen) atoms. The maximum atomic E-state index is 12.6. The van der Waals surface area contributed by atoms with Gasteiger partial charge in [-0.3, -0.25) is 14.2 Å². The summed E-state index contributed by atoms with van der Waals surface area (Å²) >= 11 is 1.36. The van der Waals surface area contributed by atoms with Gasteiger partial charge in [0.25, 0.3) is 5.56 Å². The number of amides is 1. The minimum absolute atomic E-state index is 0.0599. The highest BCUT2D eigenvalue weighted by molar-refractivity contribution is 7.17. The first kappa shape index (κ1) is 21.8. The Labute approximate surface area is 175 Å². The van der Waals surface area contributed by atoms with Crippen LogP contribution in [0.4, 0.5) is 0 Å². The van der Waals surface area contributed by atoms with Crippen molar-refractivity contribution in [3.8, 4) is 0 Å². The summed E-state index contributed by atoms with van der Waals surface area (Å²) in [6.07, 6.45) is 8.10. The van der Waals surface area contributed by atoms with Gasteiger partial charge in [-0.2, -0.15) is 0 Å². The Hall–Kier alpha value is -1.89. The van der Waals surface area contributed by atoms with Crippen molar-refractivity contribution in [2.24, 2.45) is 17.8 Å². The van der Waals surface area contributed by atoms with E-state index in [4.69, 9.17) is 0 Å². The van der Waals surface area contributed by atoms with Crippen LogP contribution < -0.4 is 16.6 Å². The van der Waals surface area contributed by atoms with Crippen molar-refractivity contribution in [2.75, 3.05) is 6.54 Å². The third-order valence-corrected chi connectivity index (χ3v) is 7.26. The third-order valence-electron chi connectivity index (χ3n) is 6.36. The van der Waals surface area contributed by atoms with Crippen LogP contribution in [0.3, 0.4) is 0 Å². The average Bonchev–Trinajstić information content (AvgIpc) is 3.20. The maximum absolute atomic E-state index is 12.6. The minimum atomic E-state index is -0.335. The van der Waals surface area contributed by atoms with Crippen LogP contribution in [-0.2, 0) is 11.3 Å². The monoisotopic (exact) mass is 419 g/mol. The molecular formula is C22H33N3O3S. The van der Waals surface area contributed by atoms with Gasteiger partial charge in [-0.15, -0.1) is 11.3 Å². The zero-order valence-corrected chi connectivity index (χ0v) is 18.4. The quantitative estimate of drug-likeness (QED) is 0.647. The summed E-state index contributed by atoms with van der Waals surface area (Å²) in [6, 6.07) is 1.77. The lowest BCUT2D eigenvalue weighted by Crippen LogP contribution is -2.39. The summed E-state index contributed by atoms with van der Waals surface area (Å²) in [4.78, 5) is 40.3. The number of rotatable bonds is 9. The number of carbonyl (C=O) groups is 1. The second-order valence-electron chi connectivity index (χ2n) is 8.39. The van der Waals surface area contributed by atoms with Crippen LogP contribution in [0.15, 0.2) is 21.0 Å². The molecule has 7 heteroatoms. The lowest BCUT2D eigenvalue weighted by atomic mass is 9.81. The smallest absolute Gasteiger partial charge is 0.328 e. The van der Waals surface area contributed by atoms with Gasteiger partial charge in [-0.05, 0) is 55.4 Å². The lowest BCUT2D eigenvalue weighted by Gasteiger charge is -2.28. The van der Waals surface area contributed by atoms with Gasteiger partial charge in [-0.1, -0.05) is 33.1 Å². The number of H-pyrrole nitrogens is 1. The molecule has 6 nitrogen and oxygen atoms in total. The molecule has 1 atom stereocenters. The van der Waals surface area contributed by atoms with Crippen LogP contribution in [0.5, 0.6) is 0 Å². The van der Waals surface area contributed by atoms with Gasteiger partial charge >= 0.3 is 5.69 Å². The zero-order valence-electron chi connectivity index (χ0n) is 17.5. The molecule has 2 N–H and O–H groups in total. The fourth-order valence-corrected chi connectivity index (χ4v) is 5.13. The first-order chi connectivity index (χ1) is 14.0. The van der Waals surface area contributed by atoms with Crippen molar-refractivity contribution in [3.05, 3.63) is 32.3 Å². The normalized spacial score (nSPS) is 20.6. The molecule has 0 spiro atoms. The Balaban J connectivity index is 1.51. The molecule has 0 aliphatic heterocycles. The Morgan fingerprint density at radius 2 is 2.03 bits per heavy atom. The van der Waals surface area contributed by atoms with E-state index in [-0.39, 0.29) is 29.0 Å². The number of fused-ring (bicyclic) bond motifs is 1. The molecule has 0 aromatic carbocycles. The number of hydrogen-bond acceptors (Lipinski definition) is 4. The first-order valence-corrected chi connectivity index (χ1v) is 11.9. The number of nitrogens with zero attached hydrogens (tertiary/aromatic N) is 1. The molecule has 1 amide bonds. The van der Waals surface area contributed by atoms with Crippen molar-refractivity contribution in [1.82, 2.24) is 14.9 Å². The topological polar surface area (TPSA) is 84.0 Å². The standard InChI is InChI=1S/C22H33N3O3S/c1-3-5-6-15(4-2)13-23-20(26)17-9-7-16(8-10-17)14-25-21(27)19-18(11-12-29-19)24-22(25)28/h11-12,15-17H,3-10,13-14H2,1-2H3,(H,23,26)(H,24,28)/t15-,16?,17?/m1/s1. The number of nitrogens with one attached hydrogen (secondary N) is 2. The molecule has 3 rings (SSSR count). The van der Waals surface area contributed by atoms with E-state index in [1.165, 1.54) is 35.2 Å². The Morgan fingerprint density at radius 3 is 2.72 bits per heavy atom. The van der Waals surface area contributed by atoms with Crippen molar-refractivity contribution in [2.45, 2.75) is 71.8 Å². The van der Waals surface area contributed by atoms with E-state index in [2.05, 4.69) is 24.1 Å². The van der Waals surface area contributed by atoms with Gasteiger partial charge in [0.15, 0.2) is 0 Å². The van der Waals surface area contributed by atoms with Crippen LogP contribution in [0.2, 0.25) is 0 Å². The van der Waals surface area contributed by atoms with Gasteiger partial charge in [-0.25, -0.2) is 4.79 Å². The van der Waals surface area contributed by atoms with Crippen LogP contribution in [-0.4, -0.2) is 22.0 Å². The van der Waals surface area contributed by atoms with E-state index in [1.807, 2.05) is 5.38 Å². The summed E-state index contributed by atoms with van der Waals surface area (Å²) in [5.41, 5.74) is 0.0840. The van der Waals surface area contributed by atoms with Crippen molar-refractivity contribution in [1.29, 1.82) is 0 Å². The molecule has 0 radical (unpaired) electrons. The van der Waals surface area contributed by atoms with E-state index in [0.717, 1.165) is 38.6 Å². The van der Waals surface area contributed by atoms with Gasteiger partial charge in [0.05, 0.1) is 5.52 Å². The van der Waals surface area contributed by atoms with Crippen molar-refractivity contribution >= 4 is 27.5 Å². The van der Waals surface area contributed by atoms with Crippen molar-refractivity contribution in [3.63, 3.8) is 0 Å². The Morgan fingerprint density at radius 1 is 1.28 bits per heavy atom. The molecule has 1 aliphatic carbocycles. The number of thiophene rings is 1.